The second kappa shape index (κ2) is 6.94. The smallest absolute Gasteiger partial charge is 0.378 e. The molecule has 13 heavy (non-hydrogen) atoms. The Kier molecular flexibility index (Phi) is 6.01. The molecular formula is C10H13N3. The van der Waals surface area contributed by atoms with Crippen molar-refractivity contribution in [1.82, 2.24) is 4.90 Å². The van der Waals surface area contributed by atoms with Crippen molar-refractivity contribution in [1.29, 1.82) is 0 Å². The van der Waals surface area contributed by atoms with Gasteiger partial charge in [0.05, 0.1) is 0 Å². The van der Waals surface area contributed by atoms with E-state index in [-0.39, 0.29) is 5.82 Å². The van der Waals surface area contributed by atoms with E-state index in [9.17, 15) is 0 Å². The maximum Gasteiger partial charge on any atom is 0.519 e. The minimum absolute atomic E-state index is 0.100. The molecule has 0 rings (SSSR count). The van der Waals surface area contributed by atoms with Crippen LogP contribution in [-0.2, 0) is 0 Å². The molecule has 0 spiro atoms. The zero-order valence-electron chi connectivity index (χ0n) is 7.99. The third kappa shape index (κ3) is 4.66. The van der Waals surface area contributed by atoms with Crippen molar-refractivity contribution in [3.05, 3.63) is 47.0 Å². The minimum Gasteiger partial charge on any atom is -0.378 e. The fraction of sp³-hybridized carbons (Fsp3) is 0.400. The van der Waals surface area contributed by atoms with Crippen LogP contribution in [0.1, 0.15) is 13.8 Å². The fourth-order valence-corrected chi connectivity index (χ4v) is 0.785. The summed E-state index contributed by atoms with van der Waals surface area (Å²) in [5.41, 5.74) is 0. The molecule has 0 heterocycles. The Morgan fingerprint density at radius 2 is 1.77 bits per heavy atom. The summed E-state index contributed by atoms with van der Waals surface area (Å²) < 4.78 is 0. The summed E-state index contributed by atoms with van der Waals surface area (Å²) in [6, 6.07) is 0. The fourth-order valence-electron chi connectivity index (χ4n) is 0.785. The lowest BCUT2D eigenvalue weighted by Gasteiger charge is -2.13. The second-order valence-electron chi connectivity index (χ2n) is 2.31. The van der Waals surface area contributed by atoms with Crippen molar-refractivity contribution in [3.63, 3.8) is 0 Å². The molecular weight excluding hydrogens is 162 g/mol. The molecule has 0 atom stereocenters. The molecule has 0 bridgehead atoms. The van der Waals surface area contributed by atoms with E-state index in [1.165, 1.54) is 6.08 Å². The highest BCUT2D eigenvalue weighted by Crippen LogP contribution is 1.98. The highest BCUT2D eigenvalue weighted by Gasteiger charge is 1.96. The zero-order valence-corrected chi connectivity index (χ0v) is 7.99. The van der Waals surface area contributed by atoms with E-state index in [4.69, 9.17) is 13.1 Å². The summed E-state index contributed by atoms with van der Waals surface area (Å²) >= 11 is 0. The number of nitrogens with zero attached hydrogens (tertiary/aromatic N) is 3. The van der Waals surface area contributed by atoms with Gasteiger partial charge >= 0.3 is 5.82 Å². The normalized spacial score (nSPS) is 8.92. The lowest BCUT2D eigenvalue weighted by atomic mass is 10.5. The molecule has 0 unspecified atom stereocenters. The van der Waals surface area contributed by atoms with E-state index in [2.05, 4.69) is 28.4 Å². The Balaban J connectivity index is 4.22. The van der Waals surface area contributed by atoms with Gasteiger partial charge in [0.1, 0.15) is 13.1 Å². The summed E-state index contributed by atoms with van der Waals surface area (Å²) in [5, 5.41) is 0. The van der Waals surface area contributed by atoms with Gasteiger partial charge < -0.3 is 4.90 Å². The molecule has 0 aliphatic heterocycles. The first kappa shape index (κ1) is 11.3. The monoisotopic (exact) mass is 175 g/mol. The molecule has 0 aromatic heterocycles. The first-order chi connectivity index (χ1) is 6.28. The number of hydrogen-bond acceptors (Lipinski definition) is 1. The van der Waals surface area contributed by atoms with E-state index in [1.54, 1.807) is 6.08 Å². The van der Waals surface area contributed by atoms with Crippen LogP contribution < -0.4 is 0 Å². The molecule has 0 aromatic rings. The van der Waals surface area contributed by atoms with Crippen LogP contribution in [0.15, 0.2) is 24.2 Å². The van der Waals surface area contributed by atoms with Gasteiger partial charge in [-0.25, -0.2) is 0 Å². The molecule has 0 aromatic carbocycles. The Labute approximate surface area is 79.6 Å². The third-order valence-electron chi connectivity index (χ3n) is 1.58. The second-order valence-corrected chi connectivity index (χ2v) is 2.31. The summed E-state index contributed by atoms with van der Waals surface area (Å²) in [6.45, 7) is 19.3. The standard InChI is InChI=1S/C10H13N3/c1-5-13(6-2)9-7-8-10(11-3)12-4/h7-9H,5-6H2,1-2H3/b9-7-. The van der Waals surface area contributed by atoms with Crippen LogP contribution in [-0.4, -0.2) is 18.0 Å². The molecule has 0 amide bonds. The highest BCUT2D eigenvalue weighted by atomic mass is 15.1. The molecule has 0 aliphatic carbocycles. The van der Waals surface area contributed by atoms with E-state index in [0.717, 1.165) is 13.1 Å². The average Bonchev–Trinajstić information content (AvgIpc) is 2.19. The summed E-state index contributed by atoms with van der Waals surface area (Å²) in [4.78, 5) is 8.17. The lowest BCUT2D eigenvalue weighted by Crippen LogP contribution is -2.14. The van der Waals surface area contributed by atoms with Gasteiger partial charge in [-0.2, -0.15) is 9.69 Å². The van der Waals surface area contributed by atoms with Crippen LogP contribution in [0.3, 0.4) is 0 Å². The van der Waals surface area contributed by atoms with Gasteiger partial charge in [-0.3, -0.25) is 0 Å². The predicted octanol–water partition coefficient (Wildman–Crippen LogP) is 2.52. The summed E-state index contributed by atoms with van der Waals surface area (Å²) in [6.07, 6.45) is 5.15. The Bertz CT molecular complexity index is 256. The van der Waals surface area contributed by atoms with Crippen molar-refractivity contribution in [2.75, 3.05) is 13.1 Å². The van der Waals surface area contributed by atoms with Gasteiger partial charge in [0.15, 0.2) is 0 Å². The van der Waals surface area contributed by atoms with E-state index in [0.29, 0.717) is 0 Å². The predicted molar refractivity (Wildman–Crippen MR) is 53.3 cm³/mol. The molecule has 3 nitrogen and oxygen atoms in total. The number of hydrogen-bond donors (Lipinski definition) is 0. The van der Waals surface area contributed by atoms with Gasteiger partial charge in [-0.05, 0) is 26.1 Å². The van der Waals surface area contributed by atoms with Gasteiger partial charge in [-0.1, -0.05) is 0 Å². The van der Waals surface area contributed by atoms with Crippen molar-refractivity contribution in [3.8, 4) is 0 Å². The molecule has 0 radical (unpaired) electrons. The lowest BCUT2D eigenvalue weighted by molar-refractivity contribution is 0.419. The van der Waals surface area contributed by atoms with Gasteiger partial charge in [-0.15, -0.1) is 0 Å². The molecule has 0 saturated carbocycles. The Hall–Kier alpha value is -1.74. The maximum absolute atomic E-state index is 6.63. The quantitative estimate of drug-likeness (QED) is 0.472. The molecule has 0 N–H and O–H groups in total. The maximum atomic E-state index is 6.63. The SMILES string of the molecule is [C-]#[N+]C(=C/C=C\N(CC)CC)[N+]#[C-]. The molecule has 3 heteroatoms. The van der Waals surface area contributed by atoms with Crippen molar-refractivity contribution in [2.45, 2.75) is 13.8 Å². The summed E-state index contributed by atoms with van der Waals surface area (Å²) in [5.74, 6) is 0.100. The van der Waals surface area contributed by atoms with Gasteiger partial charge in [0.2, 0.25) is 0 Å². The van der Waals surface area contributed by atoms with Crippen molar-refractivity contribution in [2.24, 2.45) is 0 Å². The first-order valence-electron chi connectivity index (χ1n) is 4.15. The molecule has 0 saturated heterocycles. The van der Waals surface area contributed by atoms with Crippen molar-refractivity contribution >= 4 is 0 Å². The average molecular weight is 175 g/mol. The van der Waals surface area contributed by atoms with Crippen molar-refractivity contribution < 1.29 is 0 Å². The van der Waals surface area contributed by atoms with E-state index >= 15 is 0 Å². The third-order valence-corrected chi connectivity index (χ3v) is 1.58. The van der Waals surface area contributed by atoms with Crippen LogP contribution in [0, 0.1) is 13.1 Å². The molecule has 0 aliphatic rings. The highest BCUT2D eigenvalue weighted by molar-refractivity contribution is 5.22. The minimum atomic E-state index is 0.100. The molecule has 68 valence electrons. The number of rotatable bonds is 4. The number of allylic oxidation sites excluding steroid dienone is 2. The molecule has 0 fully saturated rings. The van der Waals surface area contributed by atoms with Crippen LogP contribution >= 0.6 is 0 Å². The van der Waals surface area contributed by atoms with E-state index < -0.39 is 0 Å². The summed E-state index contributed by atoms with van der Waals surface area (Å²) in [7, 11) is 0. The van der Waals surface area contributed by atoms with Crippen LogP contribution in [0.4, 0.5) is 0 Å². The largest absolute Gasteiger partial charge is 0.519 e. The van der Waals surface area contributed by atoms with Gasteiger partial charge in [0, 0.05) is 19.2 Å². The van der Waals surface area contributed by atoms with Crippen LogP contribution in [0.5, 0.6) is 0 Å². The van der Waals surface area contributed by atoms with Gasteiger partial charge in [0.25, 0.3) is 0 Å². The van der Waals surface area contributed by atoms with Crippen LogP contribution in [0.25, 0.3) is 9.69 Å². The topological polar surface area (TPSA) is 12.0 Å². The van der Waals surface area contributed by atoms with Crippen LogP contribution in [0.2, 0.25) is 0 Å². The zero-order chi connectivity index (χ0) is 10.1. The Morgan fingerprint density at radius 1 is 1.23 bits per heavy atom. The first-order valence-corrected chi connectivity index (χ1v) is 4.15. The Morgan fingerprint density at radius 3 is 2.15 bits per heavy atom. The van der Waals surface area contributed by atoms with E-state index in [1.807, 2.05) is 6.20 Å².